The third kappa shape index (κ3) is 1.98. The number of Topliss-reactive ketones (excluding diaryl/α,β-unsaturated/α-hetero) is 1. The van der Waals surface area contributed by atoms with E-state index in [1.165, 1.54) is 11.3 Å². The summed E-state index contributed by atoms with van der Waals surface area (Å²) in [6.45, 7) is 0. The second-order valence-corrected chi connectivity index (χ2v) is 5.37. The van der Waals surface area contributed by atoms with E-state index < -0.39 is 0 Å². The normalized spacial score (nSPS) is 14.8. The molecule has 17 heavy (non-hydrogen) atoms. The van der Waals surface area contributed by atoms with Gasteiger partial charge in [0.05, 0.1) is 21.3 Å². The summed E-state index contributed by atoms with van der Waals surface area (Å²) >= 11 is 7.23. The molecule has 1 aliphatic rings. The van der Waals surface area contributed by atoms with Gasteiger partial charge in [-0.1, -0.05) is 11.6 Å². The van der Waals surface area contributed by atoms with Gasteiger partial charge in [-0.3, -0.25) is 9.78 Å². The number of aryl methyl sites for hydroxylation is 1. The molecular formula is C12H9ClN2OS. The zero-order valence-corrected chi connectivity index (χ0v) is 10.5. The first-order chi connectivity index (χ1) is 8.24. The molecule has 0 saturated heterocycles. The lowest BCUT2D eigenvalue weighted by Crippen LogP contribution is -2.07. The molecule has 0 aromatic carbocycles. The molecule has 2 heterocycles. The largest absolute Gasteiger partial charge is 0.293 e. The number of hydrogen-bond donors (Lipinski definition) is 0. The molecule has 2 aromatic heterocycles. The van der Waals surface area contributed by atoms with E-state index in [4.69, 9.17) is 11.6 Å². The van der Waals surface area contributed by atoms with Gasteiger partial charge in [0.2, 0.25) is 0 Å². The zero-order valence-electron chi connectivity index (χ0n) is 8.94. The predicted molar refractivity (Wildman–Crippen MR) is 67.6 cm³/mol. The molecule has 5 heteroatoms. The fraction of sp³-hybridized carbons (Fsp3) is 0.250. The van der Waals surface area contributed by atoms with Crippen LogP contribution in [0.15, 0.2) is 18.3 Å². The van der Waals surface area contributed by atoms with Crippen molar-refractivity contribution in [2.75, 3.05) is 0 Å². The van der Waals surface area contributed by atoms with Crippen molar-refractivity contribution < 1.29 is 4.79 Å². The number of carbonyl (C=O) groups excluding carboxylic acids is 1. The standard InChI is InChI=1S/C12H9ClN2OS/c13-7-4-5-9(14-6-7)12-15-8-2-1-3-10(16)11(8)17-12/h4-6H,1-3H2. The van der Waals surface area contributed by atoms with E-state index in [-0.39, 0.29) is 5.78 Å². The molecule has 1 aliphatic carbocycles. The van der Waals surface area contributed by atoms with Crippen molar-refractivity contribution >= 4 is 28.7 Å². The molecule has 2 aromatic rings. The second kappa shape index (κ2) is 4.20. The first-order valence-corrected chi connectivity index (χ1v) is 6.58. The molecule has 0 unspecified atom stereocenters. The molecule has 0 amide bonds. The lowest BCUT2D eigenvalue weighted by molar-refractivity contribution is 0.0976. The van der Waals surface area contributed by atoms with Crippen molar-refractivity contribution in [1.82, 2.24) is 9.97 Å². The van der Waals surface area contributed by atoms with E-state index in [1.54, 1.807) is 12.3 Å². The number of carbonyl (C=O) groups is 1. The van der Waals surface area contributed by atoms with Crippen molar-refractivity contribution in [1.29, 1.82) is 0 Å². The SMILES string of the molecule is O=C1CCCc2nc(-c3ccc(Cl)cn3)sc21. The third-order valence-electron chi connectivity index (χ3n) is 2.71. The fourth-order valence-corrected chi connectivity index (χ4v) is 3.05. The van der Waals surface area contributed by atoms with Crippen LogP contribution in [-0.4, -0.2) is 15.8 Å². The van der Waals surface area contributed by atoms with Crippen LogP contribution in [0.1, 0.15) is 28.2 Å². The molecule has 0 atom stereocenters. The molecule has 3 nitrogen and oxygen atoms in total. The van der Waals surface area contributed by atoms with Crippen LogP contribution in [0.25, 0.3) is 10.7 Å². The summed E-state index contributed by atoms with van der Waals surface area (Å²) in [5.74, 6) is 0.212. The van der Waals surface area contributed by atoms with Crippen LogP contribution in [-0.2, 0) is 6.42 Å². The maximum Gasteiger partial charge on any atom is 0.174 e. The van der Waals surface area contributed by atoms with Crippen LogP contribution in [0.2, 0.25) is 5.02 Å². The van der Waals surface area contributed by atoms with Crippen molar-refractivity contribution in [3.8, 4) is 10.7 Å². The van der Waals surface area contributed by atoms with E-state index in [9.17, 15) is 4.79 Å². The Balaban J connectivity index is 2.05. The van der Waals surface area contributed by atoms with Gasteiger partial charge < -0.3 is 0 Å². The van der Waals surface area contributed by atoms with Crippen LogP contribution in [0.4, 0.5) is 0 Å². The molecule has 0 saturated carbocycles. The average Bonchev–Trinajstić information content (AvgIpc) is 2.75. The minimum atomic E-state index is 0.212. The quantitative estimate of drug-likeness (QED) is 0.793. The number of rotatable bonds is 1. The van der Waals surface area contributed by atoms with Crippen LogP contribution >= 0.6 is 22.9 Å². The second-order valence-electron chi connectivity index (χ2n) is 3.93. The number of pyridine rings is 1. The van der Waals surface area contributed by atoms with E-state index in [1.807, 2.05) is 6.07 Å². The highest BCUT2D eigenvalue weighted by Crippen LogP contribution is 2.31. The highest BCUT2D eigenvalue weighted by atomic mass is 35.5. The summed E-state index contributed by atoms with van der Waals surface area (Å²) in [6.07, 6.45) is 4.04. The van der Waals surface area contributed by atoms with E-state index in [0.29, 0.717) is 11.4 Å². The Morgan fingerprint density at radius 3 is 2.88 bits per heavy atom. The minimum Gasteiger partial charge on any atom is -0.293 e. The van der Waals surface area contributed by atoms with Crippen LogP contribution < -0.4 is 0 Å². The zero-order chi connectivity index (χ0) is 11.8. The molecular weight excluding hydrogens is 256 g/mol. The summed E-state index contributed by atoms with van der Waals surface area (Å²) < 4.78 is 0. The highest BCUT2D eigenvalue weighted by Gasteiger charge is 2.22. The van der Waals surface area contributed by atoms with Crippen LogP contribution in [0.5, 0.6) is 0 Å². The van der Waals surface area contributed by atoms with E-state index in [0.717, 1.165) is 34.1 Å². The first-order valence-electron chi connectivity index (χ1n) is 5.39. The number of ketones is 1. The molecule has 0 radical (unpaired) electrons. The number of fused-ring (bicyclic) bond motifs is 1. The van der Waals surface area contributed by atoms with Crippen molar-refractivity contribution in [3.63, 3.8) is 0 Å². The molecule has 0 spiro atoms. The lowest BCUT2D eigenvalue weighted by Gasteiger charge is -2.06. The Bertz CT molecular complexity index is 577. The van der Waals surface area contributed by atoms with Gasteiger partial charge in [-0.15, -0.1) is 11.3 Å². The Morgan fingerprint density at radius 2 is 2.18 bits per heavy atom. The maximum absolute atomic E-state index is 11.7. The summed E-state index contributed by atoms with van der Waals surface area (Å²) in [6, 6.07) is 3.61. The Morgan fingerprint density at radius 1 is 1.29 bits per heavy atom. The summed E-state index contributed by atoms with van der Waals surface area (Å²) in [5, 5.41) is 1.41. The van der Waals surface area contributed by atoms with Gasteiger partial charge in [0.1, 0.15) is 5.01 Å². The predicted octanol–water partition coefficient (Wildman–Crippen LogP) is 3.38. The summed E-state index contributed by atoms with van der Waals surface area (Å²) in [5.41, 5.74) is 1.71. The number of hydrogen-bond acceptors (Lipinski definition) is 4. The Hall–Kier alpha value is -1.26. The number of nitrogens with zero attached hydrogens (tertiary/aromatic N) is 2. The minimum absolute atomic E-state index is 0.212. The number of halogens is 1. The van der Waals surface area contributed by atoms with Gasteiger partial charge in [0.25, 0.3) is 0 Å². The van der Waals surface area contributed by atoms with Crippen molar-refractivity contribution in [2.24, 2.45) is 0 Å². The van der Waals surface area contributed by atoms with E-state index >= 15 is 0 Å². The monoisotopic (exact) mass is 264 g/mol. The van der Waals surface area contributed by atoms with Gasteiger partial charge in [-0.05, 0) is 25.0 Å². The lowest BCUT2D eigenvalue weighted by atomic mass is 10.0. The van der Waals surface area contributed by atoms with Crippen molar-refractivity contribution in [2.45, 2.75) is 19.3 Å². The van der Waals surface area contributed by atoms with Gasteiger partial charge in [0, 0.05) is 12.6 Å². The highest BCUT2D eigenvalue weighted by molar-refractivity contribution is 7.17. The van der Waals surface area contributed by atoms with Gasteiger partial charge >= 0.3 is 0 Å². The molecule has 0 bridgehead atoms. The molecule has 0 aliphatic heterocycles. The van der Waals surface area contributed by atoms with Crippen LogP contribution in [0.3, 0.4) is 0 Å². The third-order valence-corrected chi connectivity index (χ3v) is 4.10. The Labute approximate surface area is 107 Å². The molecule has 0 fully saturated rings. The number of thiazole rings is 1. The summed E-state index contributed by atoms with van der Waals surface area (Å²) in [7, 11) is 0. The van der Waals surface area contributed by atoms with Crippen molar-refractivity contribution in [3.05, 3.63) is 33.9 Å². The smallest absolute Gasteiger partial charge is 0.174 e. The first kappa shape index (κ1) is 10.9. The Kier molecular flexibility index (Phi) is 2.68. The molecule has 0 N–H and O–H groups in total. The van der Waals surface area contributed by atoms with E-state index in [2.05, 4.69) is 9.97 Å². The average molecular weight is 265 g/mol. The number of aromatic nitrogens is 2. The molecule has 3 rings (SSSR count). The van der Waals surface area contributed by atoms with Gasteiger partial charge in [0.15, 0.2) is 5.78 Å². The fourth-order valence-electron chi connectivity index (χ4n) is 1.88. The topological polar surface area (TPSA) is 42.9 Å². The summed E-state index contributed by atoms with van der Waals surface area (Å²) in [4.78, 5) is 21.2. The van der Waals surface area contributed by atoms with Gasteiger partial charge in [-0.25, -0.2) is 4.98 Å². The molecule has 86 valence electrons. The maximum atomic E-state index is 11.7. The van der Waals surface area contributed by atoms with Gasteiger partial charge in [-0.2, -0.15) is 0 Å². The van der Waals surface area contributed by atoms with Crippen LogP contribution in [0, 0.1) is 0 Å².